The molecule has 18 heavy (non-hydrogen) atoms. The first-order chi connectivity index (χ1) is 8.45. The Hall–Kier alpha value is -1.30. The summed E-state index contributed by atoms with van der Waals surface area (Å²) in [5.41, 5.74) is 0. The van der Waals surface area contributed by atoms with E-state index in [0.29, 0.717) is 19.0 Å². The van der Waals surface area contributed by atoms with Crippen LogP contribution in [-0.4, -0.2) is 53.7 Å². The number of rotatable bonds is 7. The summed E-state index contributed by atoms with van der Waals surface area (Å²) in [5.74, 6) is -1.00. The summed E-state index contributed by atoms with van der Waals surface area (Å²) in [6, 6.07) is -0.331. The molecule has 0 aromatic carbocycles. The zero-order valence-electron chi connectivity index (χ0n) is 11.3. The molecule has 0 heterocycles. The summed E-state index contributed by atoms with van der Waals surface area (Å²) in [4.78, 5) is 24.5. The average molecular weight is 257 g/mol. The molecule has 1 saturated carbocycles. The molecule has 1 rings (SSSR count). The van der Waals surface area contributed by atoms with E-state index in [1.54, 1.807) is 6.92 Å². The molecule has 2 amide bonds. The van der Waals surface area contributed by atoms with Crippen molar-refractivity contribution in [2.24, 2.45) is 0 Å². The molecule has 0 bridgehead atoms. The van der Waals surface area contributed by atoms with E-state index in [2.05, 4.69) is 15.5 Å². The Balaban J connectivity index is 2.25. The number of nitrogens with one attached hydrogen (secondary N) is 2. The fraction of sp³-hybridized carbons (Fsp3) is 0.833. The van der Waals surface area contributed by atoms with Crippen molar-refractivity contribution in [3.63, 3.8) is 0 Å². The number of amides is 2. The third-order valence-electron chi connectivity index (χ3n) is 3.39. The van der Waals surface area contributed by atoms with E-state index in [4.69, 9.17) is 5.11 Å². The highest BCUT2D eigenvalue weighted by molar-refractivity contribution is 5.82. The number of carboxylic acid groups (broad SMARTS) is 1. The Kier molecular flexibility index (Phi) is 5.40. The second kappa shape index (κ2) is 6.58. The molecule has 0 saturated heterocycles. The van der Waals surface area contributed by atoms with Gasteiger partial charge in [0.25, 0.3) is 0 Å². The number of carbonyl (C=O) groups excluding carboxylic acids is 1. The van der Waals surface area contributed by atoms with Crippen molar-refractivity contribution >= 4 is 12.0 Å². The van der Waals surface area contributed by atoms with Crippen LogP contribution in [0.15, 0.2) is 0 Å². The minimum absolute atomic E-state index is 0.258. The van der Waals surface area contributed by atoms with Crippen LogP contribution >= 0.6 is 0 Å². The lowest BCUT2D eigenvalue weighted by atomic mass is 10.2. The highest BCUT2D eigenvalue weighted by Gasteiger charge is 2.29. The van der Waals surface area contributed by atoms with Crippen molar-refractivity contribution in [3.8, 4) is 0 Å². The topological polar surface area (TPSA) is 81.7 Å². The average Bonchev–Trinajstić information content (AvgIpc) is 3.15. The Morgan fingerprint density at radius 1 is 1.44 bits per heavy atom. The zero-order valence-corrected chi connectivity index (χ0v) is 11.3. The van der Waals surface area contributed by atoms with Crippen molar-refractivity contribution in [2.75, 3.05) is 13.6 Å². The van der Waals surface area contributed by atoms with Crippen molar-refractivity contribution in [1.29, 1.82) is 0 Å². The maximum absolute atomic E-state index is 11.5. The van der Waals surface area contributed by atoms with Crippen LogP contribution in [0.3, 0.4) is 0 Å². The summed E-state index contributed by atoms with van der Waals surface area (Å²) in [5, 5.41) is 14.0. The lowest BCUT2D eigenvalue weighted by Gasteiger charge is -2.25. The molecule has 1 aliphatic rings. The fourth-order valence-electron chi connectivity index (χ4n) is 1.77. The van der Waals surface area contributed by atoms with Crippen LogP contribution in [0.4, 0.5) is 4.79 Å². The van der Waals surface area contributed by atoms with Crippen LogP contribution in [0.25, 0.3) is 0 Å². The third-order valence-corrected chi connectivity index (χ3v) is 3.39. The summed E-state index contributed by atoms with van der Waals surface area (Å²) >= 11 is 0. The number of likely N-dealkylation sites (N-methyl/N-ethyl adjacent to an activating group) is 1. The summed E-state index contributed by atoms with van der Waals surface area (Å²) in [6.45, 7) is 4.30. The molecule has 0 aliphatic heterocycles. The van der Waals surface area contributed by atoms with Gasteiger partial charge in [0.2, 0.25) is 0 Å². The molecule has 1 unspecified atom stereocenters. The fourth-order valence-corrected chi connectivity index (χ4v) is 1.77. The minimum Gasteiger partial charge on any atom is -0.480 e. The van der Waals surface area contributed by atoms with Crippen LogP contribution in [0, 0.1) is 0 Å². The van der Waals surface area contributed by atoms with Gasteiger partial charge in [-0.2, -0.15) is 0 Å². The molecular formula is C12H23N3O3. The first-order valence-corrected chi connectivity index (χ1v) is 6.44. The number of aliphatic carboxylic acids is 1. The lowest BCUT2D eigenvalue weighted by molar-refractivity contribution is -0.139. The van der Waals surface area contributed by atoms with Crippen molar-refractivity contribution in [1.82, 2.24) is 15.5 Å². The van der Waals surface area contributed by atoms with Crippen LogP contribution in [0.1, 0.15) is 33.1 Å². The molecule has 1 aliphatic carbocycles. The van der Waals surface area contributed by atoms with Gasteiger partial charge in [0.15, 0.2) is 0 Å². The number of hydrogen-bond donors (Lipinski definition) is 3. The summed E-state index contributed by atoms with van der Waals surface area (Å²) < 4.78 is 0. The van der Waals surface area contributed by atoms with E-state index in [9.17, 15) is 9.59 Å². The smallest absolute Gasteiger partial charge is 0.326 e. The van der Waals surface area contributed by atoms with Gasteiger partial charge in [0, 0.05) is 18.6 Å². The van der Waals surface area contributed by atoms with Crippen LogP contribution < -0.4 is 10.6 Å². The predicted octanol–water partition coefficient (Wildman–Crippen LogP) is 0.631. The van der Waals surface area contributed by atoms with Crippen LogP contribution in [0.2, 0.25) is 0 Å². The zero-order chi connectivity index (χ0) is 13.7. The molecule has 6 heteroatoms. The van der Waals surface area contributed by atoms with Gasteiger partial charge in [-0.1, -0.05) is 6.92 Å². The molecule has 0 spiro atoms. The molecule has 104 valence electrons. The van der Waals surface area contributed by atoms with E-state index in [1.807, 2.05) is 14.0 Å². The first-order valence-electron chi connectivity index (χ1n) is 6.44. The largest absolute Gasteiger partial charge is 0.480 e. The van der Waals surface area contributed by atoms with Gasteiger partial charge in [-0.05, 0) is 33.2 Å². The number of urea groups is 1. The maximum atomic E-state index is 11.5. The van der Waals surface area contributed by atoms with Gasteiger partial charge < -0.3 is 15.7 Å². The highest BCUT2D eigenvalue weighted by Crippen LogP contribution is 2.26. The van der Waals surface area contributed by atoms with E-state index in [0.717, 1.165) is 0 Å². The summed E-state index contributed by atoms with van der Waals surface area (Å²) in [7, 11) is 2.05. The standard InChI is InChI=1S/C12H23N3O3/c1-4-10(11(16)17)14-12(18)13-7-8(2)15(3)9-5-6-9/h8-10H,4-7H2,1-3H3,(H,16,17)(H2,13,14,18)/t8?,10-/m0/s1. The molecule has 3 N–H and O–H groups in total. The normalized spacial score (nSPS) is 18.2. The molecule has 2 atom stereocenters. The molecule has 1 fully saturated rings. The van der Waals surface area contributed by atoms with Crippen LogP contribution in [0.5, 0.6) is 0 Å². The Morgan fingerprint density at radius 2 is 2.06 bits per heavy atom. The van der Waals surface area contributed by atoms with Crippen LogP contribution in [-0.2, 0) is 4.79 Å². The minimum atomic E-state index is -1.00. The lowest BCUT2D eigenvalue weighted by Crippen LogP contribution is -2.49. The molecule has 0 radical (unpaired) electrons. The monoisotopic (exact) mass is 257 g/mol. The van der Waals surface area contributed by atoms with Crippen molar-refractivity contribution in [3.05, 3.63) is 0 Å². The number of hydrogen-bond acceptors (Lipinski definition) is 3. The quantitative estimate of drug-likeness (QED) is 0.625. The van der Waals surface area contributed by atoms with E-state index < -0.39 is 18.0 Å². The highest BCUT2D eigenvalue weighted by atomic mass is 16.4. The third kappa shape index (κ3) is 4.52. The van der Waals surface area contributed by atoms with Crippen molar-refractivity contribution in [2.45, 2.75) is 51.2 Å². The number of carbonyl (C=O) groups is 2. The molecule has 6 nitrogen and oxygen atoms in total. The first kappa shape index (κ1) is 14.8. The van der Waals surface area contributed by atoms with Gasteiger partial charge in [-0.15, -0.1) is 0 Å². The second-order valence-corrected chi connectivity index (χ2v) is 4.90. The van der Waals surface area contributed by atoms with Crippen molar-refractivity contribution < 1.29 is 14.7 Å². The maximum Gasteiger partial charge on any atom is 0.326 e. The van der Waals surface area contributed by atoms with E-state index in [1.165, 1.54) is 12.8 Å². The number of nitrogens with zero attached hydrogens (tertiary/aromatic N) is 1. The van der Waals surface area contributed by atoms with Gasteiger partial charge in [0.1, 0.15) is 6.04 Å². The van der Waals surface area contributed by atoms with Gasteiger partial charge in [-0.3, -0.25) is 4.90 Å². The van der Waals surface area contributed by atoms with E-state index in [-0.39, 0.29) is 6.04 Å². The van der Waals surface area contributed by atoms with Gasteiger partial charge in [0.05, 0.1) is 0 Å². The summed E-state index contributed by atoms with van der Waals surface area (Å²) in [6.07, 6.45) is 2.83. The van der Waals surface area contributed by atoms with Gasteiger partial charge in [-0.25, -0.2) is 9.59 Å². The Bertz CT molecular complexity index is 305. The molecular weight excluding hydrogens is 234 g/mol. The Morgan fingerprint density at radius 3 is 2.50 bits per heavy atom. The second-order valence-electron chi connectivity index (χ2n) is 4.90. The number of carboxylic acids is 1. The molecule has 0 aromatic heterocycles. The van der Waals surface area contributed by atoms with Gasteiger partial charge >= 0.3 is 12.0 Å². The molecule has 0 aromatic rings. The Labute approximate surface area is 108 Å². The predicted molar refractivity (Wildman–Crippen MR) is 68.5 cm³/mol. The van der Waals surface area contributed by atoms with E-state index >= 15 is 0 Å². The SMILES string of the molecule is CC[C@H](NC(=O)NCC(C)N(C)C1CC1)C(=O)O.